The standard InChI is InChI=1S/C28H33N9O2/c1-17(33-22-5-7-36(8-6-22)23-15-38-16-23)27(35-30)20-9-26(28-21(10-29)11-32-37(28)14-20)39-18(2)24-12-31-13-25(34-24)19-3-4-19/h9,11-14,18-19,22-23H,3-8,15-16,30H2,1-2H3/b33-17?,35-27+. The Bertz CT molecular complexity index is 1460. The molecule has 3 aromatic heterocycles. The number of nitrogens with zero attached hydrogens (tertiary/aromatic N) is 8. The SMILES string of the molecule is CC(=NC1CCN(C2COC2)CC1)/C(=N\N)c1cc(OC(C)c2cncc(C3CC3)n2)c2c(C#N)cnn2c1. The largest absolute Gasteiger partial charge is 0.482 e. The van der Waals surface area contributed by atoms with Crippen molar-refractivity contribution in [3.05, 3.63) is 53.4 Å². The van der Waals surface area contributed by atoms with Crippen LogP contribution in [-0.2, 0) is 4.74 Å². The topological polar surface area (TPSA) is 139 Å². The molecule has 3 aliphatic rings. The van der Waals surface area contributed by atoms with Crippen LogP contribution < -0.4 is 10.6 Å². The average Bonchev–Trinajstić information content (AvgIpc) is 3.69. The van der Waals surface area contributed by atoms with Gasteiger partial charge in [-0.3, -0.25) is 19.9 Å². The van der Waals surface area contributed by atoms with E-state index in [-0.39, 0.29) is 6.04 Å². The first kappa shape index (κ1) is 25.4. The molecule has 3 fully saturated rings. The number of likely N-dealkylation sites (tertiary alicyclic amines) is 1. The van der Waals surface area contributed by atoms with Crippen LogP contribution in [0.15, 0.2) is 40.9 Å². The molecule has 5 heterocycles. The second kappa shape index (κ2) is 10.7. The van der Waals surface area contributed by atoms with Crippen LogP contribution in [0.2, 0.25) is 0 Å². The Morgan fingerprint density at radius 1 is 1.21 bits per heavy atom. The van der Waals surface area contributed by atoms with Gasteiger partial charge in [0.05, 0.1) is 54.8 Å². The van der Waals surface area contributed by atoms with Crippen molar-refractivity contribution in [1.82, 2.24) is 24.5 Å². The van der Waals surface area contributed by atoms with Gasteiger partial charge in [0.15, 0.2) is 0 Å². The summed E-state index contributed by atoms with van der Waals surface area (Å²) in [6.07, 6.45) is 10.8. The number of ether oxygens (including phenoxy) is 2. The lowest BCUT2D eigenvalue weighted by molar-refractivity contribution is -0.0709. The summed E-state index contributed by atoms with van der Waals surface area (Å²) in [4.78, 5) is 16.7. The zero-order chi connectivity index (χ0) is 26.9. The van der Waals surface area contributed by atoms with E-state index in [2.05, 4.69) is 26.2 Å². The van der Waals surface area contributed by atoms with Gasteiger partial charge in [0.2, 0.25) is 0 Å². The minimum absolute atomic E-state index is 0.214. The summed E-state index contributed by atoms with van der Waals surface area (Å²) in [5.41, 5.74) is 4.78. The van der Waals surface area contributed by atoms with Crippen LogP contribution >= 0.6 is 0 Å². The van der Waals surface area contributed by atoms with Crippen LogP contribution in [0.3, 0.4) is 0 Å². The number of pyridine rings is 1. The quantitative estimate of drug-likeness (QED) is 0.268. The lowest BCUT2D eigenvalue weighted by Gasteiger charge is -2.40. The zero-order valence-electron chi connectivity index (χ0n) is 22.3. The third-order valence-electron chi connectivity index (χ3n) is 7.84. The number of hydrazone groups is 1. The lowest BCUT2D eigenvalue weighted by atomic mass is 10.0. The van der Waals surface area contributed by atoms with E-state index in [1.807, 2.05) is 32.3 Å². The van der Waals surface area contributed by atoms with Crippen molar-refractivity contribution >= 4 is 16.9 Å². The number of hydrogen-bond donors (Lipinski definition) is 1. The Kier molecular flexibility index (Phi) is 6.97. The molecule has 39 heavy (non-hydrogen) atoms. The molecule has 202 valence electrons. The molecule has 3 aromatic rings. The third-order valence-corrected chi connectivity index (χ3v) is 7.84. The number of aromatic nitrogens is 4. The molecule has 2 saturated heterocycles. The van der Waals surface area contributed by atoms with E-state index in [1.54, 1.807) is 10.7 Å². The van der Waals surface area contributed by atoms with E-state index >= 15 is 0 Å². The first-order chi connectivity index (χ1) is 19.0. The highest BCUT2D eigenvalue weighted by atomic mass is 16.5. The van der Waals surface area contributed by atoms with Gasteiger partial charge in [-0.05, 0) is 45.6 Å². The molecule has 6 rings (SSSR count). The number of fused-ring (bicyclic) bond motifs is 1. The van der Waals surface area contributed by atoms with E-state index in [0.717, 1.165) is 69.1 Å². The maximum absolute atomic E-state index is 9.72. The molecule has 1 aliphatic carbocycles. The Morgan fingerprint density at radius 3 is 2.67 bits per heavy atom. The molecular weight excluding hydrogens is 494 g/mol. The highest BCUT2D eigenvalue weighted by molar-refractivity contribution is 6.47. The highest BCUT2D eigenvalue weighted by Crippen LogP contribution is 2.39. The van der Waals surface area contributed by atoms with Gasteiger partial charge in [-0.25, -0.2) is 4.52 Å². The van der Waals surface area contributed by atoms with Gasteiger partial charge in [-0.2, -0.15) is 15.5 Å². The molecule has 0 aromatic carbocycles. The Morgan fingerprint density at radius 2 is 2.00 bits per heavy atom. The predicted molar refractivity (Wildman–Crippen MR) is 146 cm³/mol. The van der Waals surface area contributed by atoms with Gasteiger partial charge in [-0.1, -0.05) is 0 Å². The summed E-state index contributed by atoms with van der Waals surface area (Å²) < 4.78 is 13.4. The van der Waals surface area contributed by atoms with Crippen molar-refractivity contribution in [2.75, 3.05) is 26.3 Å². The molecule has 0 amide bonds. The predicted octanol–water partition coefficient (Wildman–Crippen LogP) is 3.00. The maximum Gasteiger partial charge on any atom is 0.148 e. The van der Waals surface area contributed by atoms with E-state index < -0.39 is 6.10 Å². The summed E-state index contributed by atoms with van der Waals surface area (Å²) >= 11 is 0. The van der Waals surface area contributed by atoms with E-state index in [1.165, 1.54) is 6.20 Å². The average molecular weight is 528 g/mol. The normalized spacial score (nSPS) is 20.5. The first-order valence-corrected chi connectivity index (χ1v) is 13.6. The summed E-state index contributed by atoms with van der Waals surface area (Å²) in [7, 11) is 0. The van der Waals surface area contributed by atoms with Crippen molar-refractivity contribution < 1.29 is 9.47 Å². The molecule has 0 spiro atoms. The van der Waals surface area contributed by atoms with Crippen LogP contribution in [0.1, 0.15) is 74.1 Å². The van der Waals surface area contributed by atoms with Crippen molar-refractivity contribution in [1.29, 1.82) is 5.26 Å². The molecular formula is C28H33N9O2. The van der Waals surface area contributed by atoms with Crippen LogP contribution in [-0.4, -0.2) is 74.3 Å². The number of piperidine rings is 1. The Hall–Kier alpha value is -3.88. The van der Waals surface area contributed by atoms with Gasteiger partial charge in [-0.15, -0.1) is 0 Å². The second-order valence-corrected chi connectivity index (χ2v) is 10.6. The van der Waals surface area contributed by atoms with E-state index in [0.29, 0.717) is 40.1 Å². The fourth-order valence-electron chi connectivity index (χ4n) is 5.33. The maximum atomic E-state index is 9.72. The second-order valence-electron chi connectivity index (χ2n) is 10.6. The summed E-state index contributed by atoms with van der Waals surface area (Å²) in [6, 6.07) is 4.84. The summed E-state index contributed by atoms with van der Waals surface area (Å²) in [6.45, 7) is 7.57. The lowest BCUT2D eigenvalue weighted by Crippen LogP contribution is -2.52. The monoisotopic (exact) mass is 527 g/mol. The fourth-order valence-corrected chi connectivity index (χ4v) is 5.33. The molecule has 11 heteroatoms. The smallest absolute Gasteiger partial charge is 0.148 e. The Labute approximate surface area is 227 Å². The van der Waals surface area contributed by atoms with Crippen molar-refractivity contribution in [3.8, 4) is 11.8 Å². The minimum Gasteiger partial charge on any atom is -0.482 e. The van der Waals surface area contributed by atoms with Gasteiger partial charge in [0.25, 0.3) is 0 Å². The van der Waals surface area contributed by atoms with E-state index in [9.17, 15) is 5.26 Å². The van der Waals surface area contributed by atoms with Gasteiger partial charge < -0.3 is 15.3 Å². The van der Waals surface area contributed by atoms with Crippen LogP contribution in [0.4, 0.5) is 0 Å². The van der Waals surface area contributed by atoms with Crippen molar-refractivity contribution in [2.24, 2.45) is 15.9 Å². The van der Waals surface area contributed by atoms with Crippen molar-refractivity contribution in [3.63, 3.8) is 0 Å². The van der Waals surface area contributed by atoms with Gasteiger partial charge in [0.1, 0.15) is 34.7 Å². The number of rotatable bonds is 8. The molecule has 0 radical (unpaired) electrons. The third kappa shape index (κ3) is 5.22. The minimum atomic E-state index is -0.393. The number of nitriles is 1. The van der Waals surface area contributed by atoms with Crippen LogP contribution in [0.5, 0.6) is 5.75 Å². The highest BCUT2D eigenvalue weighted by Gasteiger charge is 2.30. The van der Waals surface area contributed by atoms with Crippen molar-refractivity contribution in [2.45, 2.75) is 63.6 Å². The molecule has 1 unspecified atom stereocenters. The van der Waals surface area contributed by atoms with Gasteiger partial charge >= 0.3 is 0 Å². The zero-order valence-corrected chi connectivity index (χ0v) is 22.3. The number of nitrogens with two attached hydrogens (primary N) is 1. The molecule has 0 bridgehead atoms. The summed E-state index contributed by atoms with van der Waals surface area (Å²) in [5.74, 6) is 6.90. The summed E-state index contributed by atoms with van der Waals surface area (Å²) in [5, 5.41) is 18.2. The van der Waals surface area contributed by atoms with Crippen LogP contribution in [0.25, 0.3) is 5.52 Å². The fraction of sp³-hybridized carbons (Fsp3) is 0.500. The van der Waals surface area contributed by atoms with Gasteiger partial charge in [0, 0.05) is 37.0 Å². The molecule has 2 aliphatic heterocycles. The molecule has 11 nitrogen and oxygen atoms in total. The molecule has 2 N–H and O–H groups in total. The van der Waals surface area contributed by atoms with Crippen LogP contribution in [0, 0.1) is 11.3 Å². The Balaban J connectivity index is 1.26. The first-order valence-electron chi connectivity index (χ1n) is 13.6. The molecule has 1 atom stereocenters. The van der Waals surface area contributed by atoms with E-state index in [4.69, 9.17) is 25.3 Å². The number of aliphatic imine (C=N–C) groups is 1. The number of hydrogen-bond acceptors (Lipinski definition) is 10. The molecule has 1 saturated carbocycles.